The minimum atomic E-state index is -1.48. The predicted octanol–water partition coefficient (Wildman–Crippen LogP) is 5.64. The van der Waals surface area contributed by atoms with Gasteiger partial charge in [0.25, 0.3) is 5.69 Å². The number of carbonyl (C=O) groups excluding carboxylic acids is 3. The quantitative estimate of drug-likeness (QED) is 0.197. The maximum atomic E-state index is 14.7. The highest BCUT2D eigenvalue weighted by Gasteiger charge is 2.70. The summed E-state index contributed by atoms with van der Waals surface area (Å²) in [5.41, 5.74) is 1.30. The van der Waals surface area contributed by atoms with E-state index in [9.17, 15) is 24.5 Å². The van der Waals surface area contributed by atoms with Crippen molar-refractivity contribution in [2.75, 3.05) is 5.32 Å². The first-order chi connectivity index (χ1) is 19.4. The first kappa shape index (κ1) is 24.2. The van der Waals surface area contributed by atoms with Crippen molar-refractivity contribution in [2.24, 2.45) is 5.92 Å². The van der Waals surface area contributed by atoms with Crippen LogP contribution in [0.2, 0.25) is 0 Å². The minimum Gasteiger partial charge on any atom is -0.358 e. The van der Waals surface area contributed by atoms with Crippen LogP contribution in [-0.4, -0.2) is 33.3 Å². The largest absolute Gasteiger partial charge is 0.358 e. The highest BCUT2D eigenvalue weighted by atomic mass is 32.1. The van der Waals surface area contributed by atoms with Crippen LogP contribution in [0.25, 0.3) is 6.08 Å². The molecular weight excluding hydrogens is 526 g/mol. The Morgan fingerprint density at radius 2 is 1.75 bits per heavy atom. The van der Waals surface area contributed by atoms with E-state index in [1.54, 1.807) is 29.8 Å². The molecule has 9 heteroatoms. The van der Waals surface area contributed by atoms with Crippen LogP contribution in [0.5, 0.6) is 0 Å². The average molecular weight is 548 g/mol. The monoisotopic (exact) mass is 547 g/mol. The van der Waals surface area contributed by atoms with Crippen LogP contribution in [0, 0.1) is 16.0 Å². The fourth-order valence-corrected chi connectivity index (χ4v) is 7.38. The summed E-state index contributed by atoms with van der Waals surface area (Å²) in [7, 11) is 0. The summed E-state index contributed by atoms with van der Waals surface area (Å²) in [6.45, 7) is 0. The Balaban J connectivity index is 1.54. The number of Topliss-reactive ketones (excluding diaryl/α,β-unsaturated/α-hetero) is 2. The van der Waals surface area contributed by atoms with Crippen LogP contribution >= 0.6 is 11.3 Å². The fraction of sp³-hybridized carbons (Fsp3) is 0.129. The Bertz CT molecular complexity index is 1760. The molecule has 8 nitrogen and oxygen atoms in total. The van der Waals surface area contributed by atoms with E-state index in [-0.39, 0.29) is 22.9 Å². The molecule has 1 saturated heterocycles. The highest BCUT2D eigenvalue weighted by molar-refractivity contribution is 7.12. The lowest BCUT2D eigenvalue weighted by Crippen LogP contribution is -2.49. The van der Waals surface area contributed by atoms with E-state index >= 15 is 0 Å². The zero-order chi connectivity index (χ0) is 27.6. The number of fused-ring (bicyclic) bond motifs is 6. The lowest BCUT2D eigenvalue weighted by atomic mass is 9.62. The molecule has 4 heterocycles. The Labute approximate surface area is 232 Å². The van der Waals surface area contributed by atoms with Gasteiger partial charge in [-0.15, -0.1) is 11.3 Å². The molecule has 3 aliphatic heterocycles. The summed E-state index contributed by atoms with van der Waals surface area (Å²) in [5, 5.41) is 16.4. The van der Waals surface area contributed by atoms with Crippen molar-refractivity contribution in [1.82, 2.24) is 4.90 Å². The minimum absolute atomic E-state index is 0.0804. The maximum absolute atomic E-state index is 14.7. The molecule has 0 bridgehead atoms. The van der Waals surface area contributed by atoms with Crippen molar-refractivity contribution in [3.8, 4) is 0 Å². The number of para-hydroxylation sites is 1. The number of anilines is 1. The second-order valence-electron chi connectivity index (χ2n) is 10.1. The zero-order valence-corrected chi connectivity index (χ0v) is 21.7. The summed E-state index contributed by atoms with van der Waals surface area (Å²) in [5.74, 6) is -2.32. The molecule has 0 saturated carbocycles. The topological polar surface area (TPSA) is 110 Å². The van der Waals surface area contributed by atoms with Gasteiger partial charge in [0.1, 0.15) is 11.5 Å². The van der Waals surface area contributed by atoms with Gasteiger partial charge in [-0.3, -0.25) is 24.5 Å². The van der Waals surface area contributed by atoms with Gasteiger partial charge >= 0.3 is 0 Å². The molecule has 3 aromatic carbocycles. The number of nitro benzene ring substituents is 1. The van der Waals surface area contributed by atoms with E-state index in [2.05, 4.69) is 5.32 Å². The van der Waals surface area contributed by atoms with Crippen LogP contribution in [0.1, 0.15) is 42.8 Å². The van der Waals surface area contributed by atoms with Crippen molar-refractivity contribution >= 4 is 46.3 Å². The van der Waals surface area contributed by atoms with E-state index in [0.29, 0.717) is 16.1 Å². The molecule has 1 spiro atoms. The van der Waals surface area contributed by atoms with E-state index in [1.807, 2.05) is 53.4 Å². The Kier molecular flexibility index (Phi) is 5.33. The van der Waals surface area contributed by atoms with E-state index in [1.165, 1.54) is 35.6 Å². The SMILES string of the molecule is O=C(c1cccs1)[C@@H]1[C@H](C(=O)c2cccc([N+](=O)[O-])c2)[C@@]2(C(=O)Nc3ccccc32)[C@@H]2c3ccccc3C=CN12. The van der Waals surface area contributed by atoms with Gasteiger partial charge in [0.05, 0.1) is 21.8 Å². The van der Waals surface area contributed by atoms with Gasteiger partial charge < -0.3 is 10.2 Å². The number of carbonyl (C=O) groups is 3. The third kappa shape index (κ3) is 3.21. The Morgan fingerprint density at radius 1 is 0.950 bits per heavy atom. The number of thiophene rings is 1. The van der Waals surface area contributed by atoms with Crippen LogP contribution < -0.4 is 5.32 Å². The number of hydrogen-bond donors (Lipinski definition) is 1. The van der Waals surface area contributed by atoms with Crippen molar-refractivity contribution in [3.05, 3.63) is 134 Å². The number of nitrogens with one attached hydrogen (secondary N) is 1. The fourth-order valence-electron chi connectivity index (χ4n) is 6.68. The average Bonchev–Trinajstić information content (AvgIpc) is 3.69. The second kappa shape index (κ2) is 8.82. The molecule has 40 heavy (non-hydrogen) atoms. The molecule has 0 radical (unpaired) electrons. The van der Waals surface area contributed by atoms with Crippen LogP contribution in [-0.2, 0) is 10.2 Å². The number of hydrogen-bond acceptors (Lipinski definition) is 7. The van der Waals surface area contributed by atoms with E-state index < -0.39 is 34.1 Å². The van der Waals surface area contributed by atoms with Crippen LogP contribution in [0.4, 0.5) is 11.4 Å². The molecule has 1 amide bonds. The highest BCUT2D eigenvalue weighted by Crippen LogP contribution is 2.62. The van der Waals surface area contributed by atoms with Gasteiger partial charge in [-0.1, -0.05) is 60.7 Å². The van der Waals surface area contributed by atoms with E-state index in [0.717, 1.165) is 11.1 Å². The van der Waals surface area contributed by atoms with Gasteiger partial charge in [-0.25, -0.2) is 0 Å². The first-order valence-corrected chi connectivity index (χ1v) is 13.6. The number of nitrogens with zero attached hydrogens (tertiary/aromatic N) is 2. The normalized spacial score (nSPS) is 23.9. The van der Waals surface area contributed by atoms with Crippen LogP contribution in [0.3, 0.4) is 0 Å². The van der Waals surface area contributed by atoms with Gasteiger partial charge in [-0.05, 0) is 40.3 Å². The van der Waals surface area contributed by atoms with Gasteiger partial charge in [0.2, 0.25) is 5.91 Å². The summed E-state index contributed by atoms with van der Waals surface area (Å²) >= 11 is 1.27. The first-order valence-electron chi connectivity index (χ1n) is 12.7. The number of ketones is 2. The third-order valence-corrected chi connectivity index (χ3v) is 9.11. The Morgan fingerprint density at radius 3 is 2.55 bits per heavy atom. The standard InChI is InChI=1S/C31H21N3O5S/c35-27(19-8-5-9-20(17-19)34(38)39)25-26(28(36)24-13-6-16-40-24)33-15-14-18-7-1-2-10-21(18)29(33)31(25)22-11-3-4-12-23(22)32-30(31)37/h1-17,25-26,29H,(H,32,37)/t25-,26+,29+,31-/m1/s1. The number of non-ortho nitro benzene ring substituents is 1. The molecule has 4 atom stereocenters. The molecule has 0 unspecified atom stereocenters. The molecule has 0 aliphatic carbocycles. The summed E-state index contributed by atoms with van der Waals surface area (Å²) < 4.78 is 0. The summed E-state index contributed by atoms with van der Waals surface area (Å²) in [6.07, 6.45) is 3.70. The van der Waals surface area contributed by atoms with Crippen molar-refractivity contribution in [3.63, 3.8) is 0 Å². The predicted molar refractivity (Wildman–Crippen MR) is 150 cm³/mol. The third-order valence-electron chi connectivity index (χ3n) is 8.23. The van der Waals surface area contributed by atoms with Crippen molar-refractivity contribution in [1.29, 1.82) is 0 Å². The summed E-state index contributed by atoms with van der Waals surface area (Å²) in [6, 6.07) is 22.2. The number of benzene rings is 3. The van der Waals surface area contributed by atoms with Gasteiger partial charge in [0, 0.05) is 29.6 Å². The molecule has 1 fully saturated rings. The number of nitro groups is 1. The maximum Gasteiger partial charge on any atom is 0.270 e. The van der Waals surface area contributed by atoms with Crippen molar-refractivity contribution in [2.45, 2.75) is 17.5 Å². The molecule has 3 aliphatic rings. The van der Waals surface area contributed by atoms with Crippen molar-refractivity contribution < 1.29 is 19.3 Å². The number of rotatable bonds is 5. The second-order valence-corrected chi connectivity index (χ2v) is 11.0. The zero-order valence-electron chi connectivity index (χ0n) is 20.9. The lowest BCUT2D eigenvalue weighted by molar-refractivity contribution is -0.384. The smallest absolute Gasteiger partial charge is 0.270 e. The van der Waals surface area contributed by atoms with Gasteiger partial charge in [0.15, 0.2) is 11.6 Å². The van der Waals surface area contributed by atoms with Gasteiger partial charge in [-0.2, -0.15) is 0 Å². The summed E-state index contributed by atoms with van der Waals surface area (Å²) in [4.78, 5) is 56.7. The molecule has 4 aromatic rings. The number of amides is 1. The molecule has 7 rings (SSSR count). The van der Waals surface area contributed by atoms with E-state index in [4.69, 9.17) is 0 Å². The molecule has 196 valence electrons. The van der Waals surface area contributed by atoms with Crippen LogP contribution in [0.15, 0.2) is 96.5 Å². The molecule has 1 aromatic heterocycles. The molecule has 1 N–H and O–H groups in total. The lowest BCUT2D eigenvalue weighted by Gasteiger charge is -2.38. The molecular formula is C31H21N3O5S. The Hall–Kier alpha value is -4.89.